The van der Waals surface area contributed by atoms with Crippen molar-refractivity contribution in [3.63, 3.8) is 0 Å². The quantitative estimate of drug-likeness (QED) is 0.498. The third-order valence-corrected chi connectivity index (χ3v) is 4.77. The minimum absolute atomic E-state index is 0.0294. The van der Waals surface area contributed by atoms with E-state index in [2.05, 4.69) is 15.0 Å². The molecule has 1 aromatic carbocycles. The number of aromatic nitrogens is 4. The van der Waals surface area contributed by atoms with E-state index < -0.39 is 0 Å². The highest BCUT2D eigenvalue weighted by atomic mass is 32.2. The standard InChI is InChI=1S/C15H16N6O4S/c1-2-3-20-6-17-13(16)12-14(20)19-15(18-12)26-11-5-10-9(24-7-25-10)4-8(11)21(22)23/h4-6,16,22-23H,2-3,7H2,1H3,(H,18,19). The summed E-state index contributed by atoms with van der Waals surface area (Å²) >= 11 is 1.18. The lowest BCUT2D eigenvalue weighted by molar-refractivity contribution is 0.0276. The molecule has 4 N–H and O–H groups in total. The van der Waals surface area contributed by atoms with Gasteiger partial charge >= 0.3 is 0 Å². The van der Waals surface area contributed by atoms with Gasteiger partial charge in [0, 0.05) is 23.6 Å². The number of benzene rings is 1. The average Bonchev–Trinajstić information content (AvgIpc) is 3.23. The van der Waals surface area contributed by atoms with Crippen molar-refractivity contribution in [1.82, 2.24) is 19.5 Å². The molecule has 0 amide bonds. The number of aryl methyl sites for hydroxylation is 1. The number of H-pyrrole nitrogens is 1. The van der Waals surface area contributed by atoms with Gasteiger partial charge in [0.05, 0.1) is 6.33 Å². The van der Waals surface area contributed by atoms with Crippen molar-refractivity contribution in [3.8, 4) is 11.5 Å². The monoisotopic (exact) mass is 376 g/mol. The summed E-state index contributed by atoms with van der Waals surface area (Å²) in [6.45, 7) is 2.86. The van der Waals surface area contributed by atoms with E-state index in [9.17, 15) is 10.4 Å². The van der Waals surface area contributed by atoms with Gasteiger partial charge in [-0.05, 0) is 18.2 Å². The first kappa shape index (κ1) is 16.7. The van der Waals surface area contributed by atoms with Crippen LogP contribution in [0.15, 0.2) is 28.5 Å². The topological polar surface area (TPSA) is 133 Å². The van der Waals surface area contributed by atoms with Crippen molar-refractivity contribution in [2.45, 2.75) is 29.9 Å². The van der Waals surface area contributed by atoms with Crippen molar-refractivity contribution >= 4 is 28.6 Å². The molecule has 0 atom stereocenters. The first-order valence-electron chi connectivity index (χ1n) is 7.86. The zero-order valence-electron chi connectivity index (χ0n) is 13.8. The fourth-order valence-electron chi connectivity index (χ4n) is 2.67. The SMILES string of the molecule is CCCn1cnc(=N)c2[nH]c(Sc3cc4c(cc3N(O)O)OCO4)nc21. The molecule has 0 saturated heterocycles. The van der Waals surface area contributed by atoms with Gasteiger partial charge in [0.1, 0.15) is 11.2 Å². The van der Waals surface area contributed by atoms with Gasteiger partial charge < -0.3 is 19.0 Å². The van der Waals surface area contributed by atoms with Crippen LogP contribution in [-0.2, 0) is 6.54 Å². The Kier molecular flexibility index (Phi) is 4.18. The molecule has 2 aromatic heterocycles. The van der Waals surface area contributed by atoms with Crippen LogP contribution in [0.2, 0.25) is 0 Å². The third kappa shape index (κ3) is 2.85. The van der Waals surface area contributed by atoms with E-state index in [1.165, 1.54) is 17.8 Å². The highest BCUT2D eigenvalue weighted by molar-refractivity contribution is 7.99. The van der Waals surface area contributed by atoms with Crippen LogP contribution in [0.5, 0.6) is 11.5 Å². The average molecular weight is 376 g/mol. The predicted octanol–water partition coefficient (Wildman–Crippen LogP) is 2.11. The summed E-state index contributed by atoms with van der Waals surface area (Å²) in [5.41, 5.74) is 1.38. The number of imidazole rings is 1. The minimum Gasteiger partial charge on any atom is -0.454 e. The summed E-state index contributed by atoms with van der Waals surface area (Å²) in [6, 6.07) is 3.12. The van der Waals surface area contributed by atoms with Crippen molar-refractivity contribution in [1.29, 1.82) is 5.41 Å². The van der Waals surface area contributed by atoms with Crippen LogP contribution in [0.4, 0.5) is 5.69 Å². The molecule has 4 rings (SSSR count). The highest BCUT2D eigenvalue weighted by Crippen LogP contribution is 2.43. The maximum absolute atomic E-state index is 9.52. The van der Waals surface area contributed by atoms with Crippen LogP contribution >= 0.6 is 11.8 Å². The Morgan fingerprint density at radius 3 is 2.85 bits per heavy atom. The number of nitrogens with one attached hydrogen (secondary N) is 2. The summed E-state index contributed by atoms with van der Waals surface area (Å²) < 4.78 is 12.5. The lowest BCUT2D eigenvalue weighted by Gasteiger charge is -2.13. The Morgan fingerprint density at radius 2 is 2.12 bits per heavy atom. The Hall–Kier alpha value is -2.76. The van der Waals surface area contributed by atoms with Crippen LogP contribution in [0, 0.1) is 5.41 Å². The largest absolute Gasteiger partial charge is 0.454 e. The number of hydrogen-bond donors (Lipinski definition) is 4. The number of anilines is 1. The Morgan fingerprint density at radius 1 is 1.35 bits per heavy atom. The zero-order valence-corrected chi connectivity index (χ0v) is 14.6. The van der Waals surface area contributed by atoms with Crippen molar-refractivity contribution in [2.75, 3.05) is 12.0 Å². The minimum atomic E-state index is 0.0294. The number of rotatable bonds is 5. The summed E-state index contributed by atoms with van der Waals surface area (Å²) in [7, 11) is 0. The van der Waals surface area contributed by atoms with Gasteiger partial charge in [-0.2, -0.15) is 0 Å². The molecule has 3 aromatic rings. The number of ether oxygens (including phenoxy) is 2. The molecule has 3 heterocycles. The lowest BCUT2D eigenvalue weighted by Crippen LogP contribution is -2.12. The van der Waals surface area contributed by atoms with Gasteiger partial charge in [0.25, 0.3) is 0 Å². The fraction of sp³-hybridized carbons (Fsp3) is 0.267. The van der Waals surface area contributed by atoms with E-state index in [-0.39, 0.29) is 23.2 Å². The summed E-state index contributed by atoms with van der Waals surface area (Å²) in [4.78, 5) is 12.2. The second-order valence-electron chi connectivity index (χ2n) is 5.59. The molecule has 136 valence electrons. The maximum Gasteiger partial charge on any atom is 0.231 e. The normalized spacial score (nSPS) is 12.7. The molecule has 0 radical (unpaired) electrons. The van der Waals surface area contributed by atoms with Crippen molar-refractivity contribution < 1.29 is 19.9 Å². The molecule has 0 unspecified atom stereocenters. The molecule has 0 bridgehead atoms. The van der Waals surface area contributed by atoms with Crippen molar-refractivity contribution in [3.05, 3.63) is 23.9 Å². The number of aromatic amines is 1. The first-order valence-corrected chi connectivity index (χ1v) is 8.67. The van der Waals surface area contributed by atoms with E-state index in [0.29, 0.717) is 32.7 Å². The van der Waals surface area contributed by atoms with Crippen LogP contribution in [-0.4, -0.2) is 36.7 Å². The fourth-order valence-corrected chi connectivity index (χ4v) is 3.57. The van der Waals surface area contributed by atoms with Gasteiger partial charge in [-0.15, -0.1) is 5.23 Å². The Balaban J connectivity index is 1.77. The van der Waals surface area contributed by atoms with E-state index in [0.717, 1.165) is 13.0 Å². The van der Waals surface area contributed by atoms with E-state index in [4.69, 9.17) is 14.9 Å². The predicted molar refractivity (Wildman–Crippen MR) is 90.8 cm³/mol. The molecule has 10 nitrogen and oxygen atoms in total. The molecular formula is C15H16N6O4S. The van der Waals surface area contributed by atoms with E-state index in [1.807, 2.05) is 11.5 Å². The summed E-state index contributed by atoms with van der Waals surface area (Å²) in [6.07, 6.45) is 2.50. The van der Waals surface area contributed by atoms with Crippen molar-refractivity contribution in [2.24, 2.45) is 0 Å². The zero-order chi connectivity index (χ0) is 18.3. The number of fused-ring (bicyclic) bond motifs is 2. The molecule has 0 aliphatic carbocycles. The summed E-state index contributed by atoms with van der Waals surface area (Å²) in [5.74, 6) is 0.943. The second kappa shape index (κ2) is 6.52. The molecule has 0 fully saturated rings. The van der Waals surface area contributed by atoms with Crippen LogP contribution < -0.4 is 20.2 Å². The molecular weight excluding hydrogens is 360 g/mol. The number of hydrogen-bond acceptors (Lipinski definition) is 9. The van der Waals surface area contributed by atoms with E-state index >= 15 is 0 Å². The molecule has 1 aliphatic rings. The lowest BCUT2D eigenvalue weighted by atomic mass is 10.3. The summed E-state index contributed by atoms with van der Waals surface area (Å²) in [5, 5.41) is 27.5. The Bertz CT molecular complexity index is 1030. The highest BCUT2D eigenvalue weighted by Gasteiger charge is 2.21. The van der Waals surface area contributed by atoms with E-state index in [1.54, 1.807) is 12.4 Å². The van der Waals surface area contributed by atoms with Gasteiger partial charge in [-0.25, -0.2) is 9.97 Å². The third-order valence-electron chi connectivity index (χ3n) is 3.84. The molecule has 26 heavy (non-hydrogen) atoms. The molecule has 1 aliphatic heterocycles. The first-order chi connectivity index (χ1) is 12.6. The van der Waals surface area contributed by atoms with Gasteiger partial charge in [-0.1, -0.05) is 6.92 Å². The van der Waals surface area contributed by atoms with Crippen LogP contribution in [0.25, 0.3) is 11.2 Å². The molecule has 11 heteroatoms. The Labute approximate surface area is 151 Å². The smallest absolute Gasteiger partial charge is 0.231 e. The van der Waals surface area contributed by atoms with Crippen LogP contribution in [0.3, 0.4) is 0 Å². The molecule has 0 spiro atoms. The second-order valence-corrected chi connectivity index (χ2v) is 6.62. The van der Waals surface area contributed by atoms with Crippen LogP contribution in [0.1, 0.15) is 13.3 Å². The van der Waals surface area contributed by atoms with Gasteiger partial charge in [0.2, 0.25) is 6.79 Å². The van der Waals surface area contributed by atoms with Gasteiger partial charge in [-0.3, -0.25) is 15.8 Å². The number of nitrogens with zero attached hydrogens (tertiary/aromatic N) is 4. The van der Waals surface area contributed by atoms with Gasteiger partial charge in [0.15, 0.2) is 27.8 Å². The maximum atomic E-state index is 9.52. The molecule has 0 saturated carbocycles.